The van der Waals surface area contributed by atoms with Crippen molar-refractivity contribution in [3.05, 3.63) is 59.5 Å². The molecule has 26 heavy (non-hydrogen) atoms. The van der Waals surface area contributed by atoms with Crippen LogP contribution in [0.2, 0.25) is 0 Å². The Morgan fingerprint density at radius 1 is 1.12 bits per heavy atom. The standard InChI is InChI=1S/C21H24N4O/c1-15-6-7-22-14-19(15)24-8-10-25(11-9-24)20(26)12-17-13-23-21-16(2)4-3-5-18(17)21/h3-7,13-14,23H,8-12H2,1-2H3. The lowest BCUT2D eigenvalue weighted by atomic mass is 10.1. The van der Waals surface area contributed by atoms with Gasteiger partial charge in [-0.25, -0.2) is 0 Å². The van der Waals surface area contributed by atoms with Crippen LogP contribution in [0.15, 0.2) is 42.9 Å². The van der Waals surface area contributed by atoms with E-state index in [1.165, 1.54) is 16.8 Å². The fourth-order valence-corrected chi connectivity index (χ4v) is 3.77. The van der Waals surface area contributed by atoms with Gasteiger partial charge in [0.1, 0.15) is 0 Å². The van der Waals surface area contributed by atoms with Gasteiger partial charge >= 0.3 is 0 Å². The Bertz CT molecular complexity index is 938. The van der Waals surface area contributed by atoms with Gasteiger partial charge in [0.05, 0.1) is 18.3 Å². The van der Waals surface area contributed by atoms with E-state index in [1.807, 2.05) is 29.6 Å². The van der Waals surface area contributed by atoms with Crippen molar-refractivity contribution in [3.8, 4) is 0 Å². The van der Waals surface area contributed by atoms with E-state index in [2.05, 4.69) is 46.9 Å². The number of para-hydroxylation sites is 1. The first-order chi connectivity index (χ1) is 12.6. The van der Waals surface area contributed by atoms with E-state index in [0.717, 1.165) is 42.6 Å². The van der Waals surface area contributed by atoms with Crippen molar-refractivity contribution in [2.24, 2.45) is 0 Å². The lowest BCUT2D eigenvalue weighted by molar-refractivity contribution is -0.130. The van der Waals surface area contributed by atoms with Gasteiger partial charge in [0.15, 0.2) is 0 Å². The average molecular weight is 348 g/mol. The molecule has 1 saturated heterocycles. The van der Waals surface area contributed by atoms with Gasteiger partial charge in [0, 0.05) is 49.5 Å². The zero-order valence-electron chi connectivity index (χ0n) is 15.3. The molecule has 1 fully saturated rings. The molecule has 2 aromatic heterocycles. The summed E-state index contributed by atoms with van der Waals surface area (Å²) in [5.74, 6) is 0.204. The van der Waals surface area contributed by atoms with Crippen LogP contribution >= 0.6 is 0 Å². The third-order valence-corrected chi connectivity index (χ3v) is 5.34. The number of pyridine rings is 1. The quantitative estimate of drug-likeness (QED) is 0.791. The Hall–Kier alpha value is -2.82. The molecule has 1 amide bonds. The molecule has 0 spiro atoms. The van der Waals surface area contributed by atoms with E-state index >= 15 is 0 Å². The van der Waals surface area contributed by atoms with E-state index in [9.17, 15) is 4.79 Å². The molecule has 1 N–H and O–H groups in total. The molecule has 0 unspecified atom stereocenters. The molecule has 3 heterocycles. The Balaban J connectivity index is 1.42. The van der Waals surface area contributed by atoms with Crippen LogP contribution in [0.3, 0.4) is 0 Å². The van der Waals surface area contributed by atoms with Gasteiger partial charge in [-0.3, -0.25) is 9.78 Å². The van der Waals surface area contributed by atoms with Gasteiger partial charge in [-0.15, -0.1) is 0 Å². The SMILES string of the molecule is Cc1ccncc1N1CCN(C(=O)Cc2c[nH]c3c(C)cccc23)CC1. The summed E-state index contributed by atoms with van der Waals surface area (Å²) >= 11 is 0. The van der Waals surface area contributed by atoms with Crippen molar-refractivity contribution in [2.75, 3.05) is 31.1 Å². The highest BCUT2D eigenvalue weighted by Crippen LogP contribution is 2.23. The first-order valence-electron chi connectivity index (χ1n) is 9.12. The van der Waals surface area contributed by atoms with Gasteiger partial charge in [0.25, 0.3) is 0 Å². The molecule has 134 valence electrons. The Kier molecular flexibility index (Phi) is 4.37. The number of aryl methyl sites for hydroxylation is 2. The number of aromatic amines is 1. The van der Waals surface area contributed by atoms with Gasteiger partial charge in [-0.05, 0) is 36.6 Å². The summed E-state index contributed by atoms with van der Waals surface area (Å²) < 4.78 is 0. The van der Waals surface area contributed by atoms with Crippen LogP contribution in [0.1, 0.15) is 16.7 Å². The summed E-state index contributed by atoms with van der Waals surface area (Å²) in [6.45, 7) is 7.41. The number of piperazine rings is 1. The van der Waals surface area contributed by atoms with Gasteiger partial charge < -0.3 is 14.8 Å². The Morgan fingerprint density at radius 2 is 1.92 bits per heavy atom. The van der Waals surface area contributed by atoms with Crippen molar-refractivity contribution in [3.63, 3.8) is 0 Å². The number of carbonyl (C=O) groups is 1. The van der Waals surface area contributed by atoms with Gasteiger partial charge in [-0.2, -0.15) is 0 Å². The smallest absolute Gasteiger partial charge is 0.227 e. The number of amides is 1. The number of aromatic nitrogens is 2. The van der Waals surface area contributed by atoms with E-state index in [0.29, 0.717) is 6.42 Å². The van der Waals surface area contributed by atoms with Crippen LogP contribution in [0.5, 0.6) is 0 Å². The minimum absolute atomic E-state index is 0.204. The lowest BCUT2D eigenvalue weighted by Crippen LogP contribution is -2.49. The molecule has 0 radical (unpaired) electrons. The zero-order chi connectivity index (χ0) is 18.1. The van der Waals surface area contributed by atoms with Gasteiger partial charge in [-0.1, -0.05) is 18.2 Å². The maximum Gasteiger partial charge on any atom is 0.227 e. The van der Waals surface area contributed by atoms with Crippen LogP contribution < -0.4 is 4.90 Å². The molecule has 0 bridgehead atoms. The molecule has 1 aliphatic heterocycles. The van der Waals surface area contributed by atoms with E-state index in [-0.39, 0.29) is 5.91 Å². The predicted molar refractivity (Wildman–Crippen MR) is 105 cm³/mol. The summed E-state index contributed by atoms with van der Waals surface area (Å²) in [5.41, 5.74) is 5.83. The molecule has 1 aromatic carbocycles. The highest BCUT2D eigenvalue weighted by molar-refractivity contribution is 5.90. The number of hydrogen-bond acceptors (Lipinski definition) is 3. The maximum atomic E-state index is 12.8. The fraction of sp³-hybridized carbons (Fsp3) is 0.333. The molecule has 0 atom stereocenters. The number of anilines is 1. The second-order valence-corrected chi connectivity index (χ2v) is 7.02. The second kappa shape index (κ2) is 6.83. The topological polar surface area (TPSA) is 52.2 Å². The van der Waals surface area contributed by atoms with Crippen LogP contribution in [0.25, 0.3) is 10.9 Å². The Morgan fingerprint density at radius 3 is 2.69 bits per heavy atom. The molecule has 5 heteroatoms. The summed E-state index contributed by atoms with van der Waals surface area (Å²) in [6, 6.07) is 8.26. The number of rotatable bonds is 3. The van der Waals surface area contributed by atoms with Crippen molar-refractivity contribution >= 4 is 22.5 Å². The third-order valence-electron chi connectivity index (χ3n) is 5.34. The fourth-order valence-electron chi connectivity index (χ4n) is 3.77. The third kappa shape index (κ3) is 3.05. The monoisotopic (exact) mass is 348 g/mol. The average Bonchev–Trinajstić information content (AvgIpc) is 3.07. The first kappa shape index (κ1) is 16.6. The molecule has 0 aliphatic carbocycles. The van der Waals surface area contributed by atoms with Crippen molar-refractivity contribution in [2.45, 2.75) is 20.3 Å². The number of H-pyrrole nitrogens is 1. The van der Waals surface area contributed by atoms with Crippen molar-refractivity contribution in [1.29, 1.82) is 0 Å². The van der Waals surface area contributed by atoms with Crippen molar-refractivity contribution in [1.82, 2.24) is 14.9 Å². The van der Waals surface area contributed by atoms with Crippen molar-refractivity contribution < 1.29 is 4.79 Å². The number of hydrogen-bond donors (Lipinski definition) is 1. The summed E-state index contributed by atoms with van der Waals surface area (Å²) in [4.78, 5) is 24.6. The number of benzene rings is 1. The highest BCUT2D eigenvalue weighted by atomic mass is 16.2. The minimum atomic E-state index is 0.204. The second-order valence-electron chi connectivity index (χ2n) is 7.02. The number of fused-ring (bicyclic) bond motifs is 1. The van der Waals surface area contributed by atoms with Crippen LogP contribution in [-0.2, 0) is 11.2 Å². The summed E-state index contributed by atoms with van der Waals surface area (Å²) in [7, 11) is 0. The molecule has 4 rings (SSSR count). The summed E-state index contributed by atoms with van der Waals surface area (Å²) in [6.07, 6.45) is 6.17. The predicted octanol–water partition coefficient (Wildman–Crippen LogP) is 3.07. The number of carbonyl (C=O) groups excluding carboxylic acids is 1. The minimum Gasteiger partial charge on any atom is -0.367 e. The summed E-state index contributed by atoms with van der Waals surface area (Å²) in [5, 5.41) is 1.16. The molecule has 0 saturated carbocycles. The zero-order valence-corrected chi connectivity index (χ0v) is 15.3. The first-order valence-corrected chi connectivity index (χ1v) is 9.12. The molecule has 5 nitrogen and oxygen atoms in total. The Labute approximate surface area is 153 Å². The van der Waals surface area contributed by atoms with Gasteiger partial charge in [0.2, 0.25) is 5.91 Å². The van der Waals surface area contributed by atoms with Crippen LogP contribution in [0.4, 0.5) is 5.69 Å². The molecule has 1 aliphatic rings. The normalized spacial score (nSPS) is 14.8. The molecular weight excluding hydrogens is 324 g/mol. The van der Waals surface area contributed by atoms with E-state index in [4.69, 9.17) is 0 Å². The highest BCUT2D eigenvalue weighted by Gasteiger charge is 2.23. The van der Waals surface area contributed by atoms with E-state index in [1.54, 1.807) is 0 Å². The maximum absolute atomic E-state index is 12.8. The van der Waals surface area contributed by atoms with E-state index < -0.39 is 0 Å². The molecule has 3 aromatic rings. The number of nitrogens with one attached hydrogen (secondary N) is 1. The van der Waals surface area contributed by atoms with Crippen LogP contribution in [-0.4, -0.2) is 47.0 Å². The largest absolute Gasteiger partial charge is 0.367 e. The van der Waals surface area contributed by atoms with Crippen LogP contribution in [0, 0.1) is 13.8 Å². The molecular formula is C21H24N4O. The lowest BCUT2D eigenvalue weighted by Gasteiger charge is -2.36. The number of nitrogens with zero attached hydrogens (tertiary/aromatic N) is 3.